The highest BCUT2D eigenvalue weighted by Crippen LogP contribution is 2.44. The molecule has 1 saturated carbocycles. The minimum Gasteiger partial charge on any atom is -0.398 e. The van der Waals surface area contributed by atoms with Crippen molar-refractivity contribution in [1.29, 1.82) is 0 Å². The predicted molar refractivity (Wildman–Crippen MR) is 99.2 cm³/mol. The monoisotopic (exact) mass is 345 g/mol. The summed E-state index contributed by atoms with van der Waals surface area (Å²) >= 11 is 0. The highest BCUT2D eigenvalue weighted by Gasteiger charge is 2.39. The van der Waals surface area contributed by atoms with E-state index in [1.54, 1.807) is 12.4 Å². The quantitative estimate of drug-likeness (QED) is 0.735. The largest absolute Gasteiger partial charge is 0.398 e. The number of benzene rings is 1. The molecule has 130 valence electrons. The van der Waals surface area contributed by atoms with Gasteiger partial charge < -0.3 is 10.5 Å². The molecular formula is C20H19N5O. The summed E-state index contributed by atoms with van der Waals surface area (Å²) < 4.78 is 0. The molecule has 2 aliphatic rings. The molecule has 3 heterocycles. The fraction of sp³-hybridized carbons (Fsp3) is 0.300. The molecule has 1 unspecified atom stereocenters. The lowest BCUT2D eigenvalue weighted by molar-refractivity contribution is -0.113. The van der Waals surface area contributed by atoms with Gasteiger partial charge in [-0.3, -0.25) is 9.88 Å². The Morgan fingerprint density at radius 1 is 1.19 bits per heavy atom. The van der Waals surface area contributed by atoms with Crippen molar-refractivity contribution in [1.82, 2.24) is 20.1 Å². The van der Waals surface area contributed by atoms with E-state index in [-0.39, 0.29) is 6.04 Å². The van der Waals surface area contributed by atoms with E-state index >= 15 is 0 Å². The van der Waals surface area contributed by atoms with Gasteiger partial charge in [0, 0.05) is 40.4 Å². The van der Waals surface area contributed by atoms with Gasteiger partial charge in [0.1, 0.15) is 6.29 Å². The van der Waals surface area contributed by atoms with Gasteiger partial charge in [-0.25, -0.2) is 0 Å². The number of anilines is 1. The Hall–Kier alpha value is -2.86. The summed E-state index contributed by atoms with van der Waals surface area (Å²) in [7, 11) is 0. The normalized spacial score (nSPS) is 20.1. The van der Waals surface area contributed by atoms with E-state index < -0.39 is 0 Å². The van der Waals surface area contributed by atoms with Crippen molar-refractivity contribution in [3.05, 3.63) is 47.9 Å². The number of carbonyl (C=O) groups excluding carboxylic acids is 1. The van der Waals surface area contributed by atoms with E-state index in [1.807, 2.05) is 24.3 Å². The summed E-state index contributed by atoms with van der Waals surface area (Å²) in [5, 5.41) is 8.72. The number of hydrogen-bond donors (Lipinski definition) is 1. The molecule has 1 atom stereocenters. The molecule has 0 radical (unpaired) electrons. The Bertz CT molecular complexity index is 1000. The Morgan fingerprint density at radius 3 is 2.77 bits per heavy atom. The molecule has 1 aromatic carbocycles. The molecule has 6 heteroatoms. The van der Waals surface area contributed by atoms with Gasteiger partial charge in [-0.05, 0) is 18.9 Å². The van der Waals surface area contributed by atoms with E-state index in [0.29, 0.717) is 18.3 Å². The molecule has 1 aliphatic carbocycles. The molecule has 2 N–H and O–H groups in total. The first-order valence-electron chi connectivity index (χ1n) is 8.97. The standard InChI is InChI=1S/C20H19N5O/c21-19-15-6-2-5-14(12-7-8-22-23-9-12)20(15)24-16-10-25(13-3-1-4-13)17(11-26)18(16)19/h2,5-9,11,13,17H,1,3-4,10H2,(H2,21,24). The fourth-order valence-electron chi connectivity index (χ4n) is 4.17. The van der Waals surface area contributed by atoms with Crippen molar-refractivity contribution >= 4 is 22.9 Å². The van der Waals surface area contributed by atoms with Gasteiger partial charge >= 0.3 is 0 Å². The first-order valence-corrected chi connectivity index (χ1v) is 8.97. The zero-order valence-corrected chi connectivity index (χ0v) is 14.3. The van der Waals surface area contributed by atoms with Gasteiger partial charge in [-0.2, -0.15) is 10.2 Å². The third kappa shape index (κ3) is 2.15. The molecule has 0 amide bonds. The fourth-order valence-corrected chi connectivity index (χ4v) is 4.17. The van der Waals surface area contributed by atoms with Gasteiger partial charge in [0.05, 0.1) is 29.6 Å². The number of carbonyl (C=O) groups is 1. The maximum atomic E-state index is 11.9. The minimum absolute atomic E-state index is 0.279. The van der Waals surface area contributed by atoms with Crippen LogP contribution in [0.2, 0.25) is 0 Å². The van der Waals surface area contributed by atoms with Gasteiger partial charge in [-0.15, -0.1) is 0 Å². The average molecular weight is 345 g/mol. The first kappa shape index (κ1) is 15.4. The van der Waals surface area contributed by atoms with E-state index in [9.17, 15) is 4.79 Å². The van der Waals surface area contributed by atoms with Crippen LogP contribution >= 0.6 is 0 Å². The van der Waals surface area contributed by atoms with Crippen LogP contribution in [-0.4, -0.2) is 32.4 Å². The second kappa shape index (κ2) is 5.85. The first-order chi connectivity index (χ1) is 12.8. The van der Waals surface area contributed by atoms with Gasteiger partial charge in [-0.1, -0.05) is 24.6 Å². The minimum atomic E-state index is -0.279. The van der Waals surface area contributed by atoms with Crippen LogP contribution in [0, 0.1) is 0 Å². The zero-order chi connectivity index (χ0) is 17.7. The molecule has 2 aromatic heterocycles. The number of aldehydes is 1. The molecule has 5 rings (SSSR count). The highest BCUT2D eigenvalue weighted by molar-refractivity contribution is 6.01. The summed E-state index contributed by atoms with van der Waals surface area (Å²) in [6, 6.07) is 8.07. The smallest absolute Gasteiger partial charge is 0.141 e. The molecule has 0 saturated heterocycles. The topological polar surface area (TPSA) is 85.0 Å². The van der Waals surface area contributed by atoms with Crippen LogP contribution in [0.15, 0.2) is 36.7 Å². The van der Waals surface area contributed by atoms with Gasteiger partial charge in [0.25, 0.3) is 0 Å². The SMILES string of the molecule is Nc1c2c(nc3c(-c4ccnnc4)cccc13)CN(C1CCC1)C2C=O. The zero-order valence-electron chi connectivity index (χ0n) is 14.3. The summed E-state index contributed by atoms with van der Waals surface area (Å²) in [6.45, 7) is 0.687. The lowest BCUT2D eigenvalue weighted by atomic mass is 9.90. The molecule has 6 nitrogen and oxygen atoms in total. The molecule has 0 spiro atoms. The van der Waals surface area contributed by atoms with Crippen molar-refractivity contribution in [2.75, 3.05) is 5.73 Å². The molecule has 0 bridgehead atoms. The highest BCUT2D eigenvalue weighted by atomic mass is 16.1. The second-order valence-electron chi connectivity index (χ2n) is 7.06. The lowest BCUT2D eigenvalue weighted by Gasteiger charge is -2.36. The summed E-state index contributed by atoms with van der Waals surface area (Å²) in [4.78, 5) is 19.1. The number of pyridine rings is 1. The molecular weight excluding hydrogens is 326 g/mol. The maximum absolute atomic E-state index is 11.9. The van der Waals surface area contributed by atoms with Crippen LogP contribution in [0.25, 0.3) is 22.0 Å². The van der Waals surface area contributed by atoms with Gasteiger partial charge in [0.15, 0.2) is 0 Å². The lowest BCUT2D eigenvalue weighted by Crippen LogP contribution is -2.39. The van der Waals surface area contributed by atoms with E-state index in [0.717, 1.165) is 52.4 Å². The van der Waals surface area contributed by atoms with Crippen LogP contribution in [0.3, 0.4) is 0 Å². The van der Waals surface area contributed by atoms with Crippen molar-refractivity contribution in [3.63, 3.8) is 0 Å². The Balaban J connectivity index is 1.71. The van der Waals surface area contributed by atoms with Crippen LogP contribution in [0.1, 0.15) is 36.6 Å². The van der Waals surface area contributed by atoms with Crippen molar-refractivity contribution in [2.24, 2.45) is 0 Å². The molecule has 3 aromatic rings. The summed E-state index contributed by atoms with van der Waals surface area (Å²) in [5.41, 5.74) is 11.8. The third-order valence-corrected chi connectivity index (χ3v) is 5.73. The number of nitrogens with zero attached hydrogens (tertiary/aromatic N) is 4. The number of rotatable bonds is 3. The van der Waals surface area contributed by atoms with E-state index in [4.69, 9.17) is 10.7 Å². The van der Waals surface area contributed by atoms with E-state index in [1.165, 1.54) is 6.42 Å². The maximum Gasteiger partial charge on any atom is 0.141 e. The number of para-hydroxylation sites is 1. The Morgan fingerprint density at radius 2 is 2.08 bits per heavy atom. The average Bonchev–Trinajstić information content (AvgIpc) is 2.99. The molecule has 1 aliphatic heterocycles. The number of nitrogens with two attached hydrogens (primary N) is 1. The van der Waals surface area contributed by atoms with Crippen LogP contribution in [0.4, 0.5) is 5.69 Å². The van der Waals surface area contributed by atoms with Gasteiger partial charge in [0.2, 0.25) is 0 Å². The van der Waals surface area contributed by atoms with Crippen LogP contribution < -0.4 is 5.73 Å². The van der Waals surface area contributed by atoms with Crippen LogP contribution in [0.5, 0.6) is 0 Å². The van der Waals surface area contributed by atoms with Crippen molar-refractivity contribution in [3.8, 4) is 11.1 Å². The Kier molecular flexibility index (Phi) is 3.46. The number of aromatic nitrogens is 3. The van der Waals surface area contributed by atoms with Crippen LogP contribution in [-0.2, 0) is 11.3 Å². The number of hydrogen-bond acceptors (Lipinski definition) is 6. The van der Waals surface area contributed by atoms with Crippen molar-refractivity contribution in [2.45, 2.75) is 37.9 Å². The summed E-state index contributed by atoms with van der Waals surface area (Å²) in [6.07, 6.45) is 7.94. The molecule has 1 fully saturated rings. The summed E-state index contributed by atoms with van der Waals surface area (Å²) in [5.74, 6) is 0. The predicted octanol–water partition coefficient (Wildman–Crippen LogP) is 2.88. The molecule has 26 heavy (non-hydrogen) atoms. The van der Waals surface area contributed by atoms with E-state index in [2.05, 4.69) is 15.1 Å². The number of fused-ring (bicyclic) bond motifs is 2. The van der Waals surface area contributed by atoms with Crippen molar-refractivity contribution < 1.29 is 4.79 Å². The second-order valence-corrected chi connectivity index (χ2v) is 7.06. The third-order valence-electron chi connectivity index (χ3n) is 5.73. The number of nitrogen functional groups attached to an aromatic ring is 1. The Labute approximate surface area is 151 Å².